The predicted molar refractivity (Wildman–Crippen MR) is 226 cm³/mol. The molecule has 1 heterocycles. The van der Waals surface area contributed by atoms with Crippen molar-refractivity contribution < 1.29 is 9.47 Å². The molecule has 1 aliphatic heterocycles. The fourth-order valence-corrected chi connectivity index (χ4v) is 16.6. The molecule has 0 aromatic heterocycles. The van der Waals surface area contributed by atoms with E-state index in [1.165, 1.54) is 21.9 Å². The summed E-state index contributed by atoms with van der Waals surface area (Å²) in [4.78, 5) is 2.88. The lowest BCUT2D eigenvalue weighted by Crippen LogP contribution is -2.44. The van der Waals surface area contributed by atoms with E-state index in [4.69, 9.17) is 9.47 Å². The highest BCUT2D eigenvalue weighted by molar-refractivity contribution is 6.53. The zero-order chi connectivity index (χ0) is 35.6. The van der Waals surface area contributed by atoms with E-state index in [1.54, 1.807) is 143 Å². The molecule has 264 valence electrons. The summed E-state index contributed by atoms with van der Waals surface area (Å²) in [6, 6.07) is 15.3. The van der Waals surface area contributed by atoms with Gasteiger partial charge in [0.05, 0.1) is 19.8 Å². The number of methoxy groups -OCH3 is 1. The van der Waals surface area contributed by atoms with Gasteiger partial charge in [0.1, 0.15) is 0 Å². The second kappa shape index (κ2) is 8.04. The molecule has 0 bridgehead atoms. The first-order valence-corrected chi connectivity index (χ1v) is 21.3. The van der Waals surface area contributed by atoms with Gasteiger partial charge in [-0.15, -0.1) is 0 Å². The van der Waals surface area contributed by atoms with Crippen molar-refractivity contribution in [2.75, 3.05) is 40.0 Å². The minimum Gasteiger partial charge on any atom is -0.382 e. The molecule has 3 heteroatoms. The topological polar surface area (TPSA) is 21.7 Å². The van der Waals surface area contributed by atoms with Gasteiger partial charge in [-0.05, 0) is 167 Å². The lowest BCUT2D eigenvalue weighted by Gasteiger charge is -2.43. The van der Waals surface area contributed by atoms with Crippen LogP contribution in [-0.2, 0) is 27.7 Å². The van der Waals surface area contributed by atoms with E-state index in [-0.39, 0.29) is 11.5 Å². The third kappa shape index (κ3) is 2.35. The van der Waals surface area contributed by atoms with Crippen molar-refractivity contribution in [2.45, 2.75) is 49.5 Å². The number of aryl methyl sites for hydroxylation is 1. The number of rotatable bonds is 7. The maximum Gasteiger partial charge on any atom is 0.0700 e. The number of fused-ring (bicyclic) bond motifs is 1. The molecular formula is C53H35NO2. The van der Waals surface area contributed by atoms with E-state index in [9.17, 15) is 0 Å². The number of nitrogens with zero attached hydrogens (tertiary/aromatic N) is 1. The molecule has 1 spiro atoms. The van der Waals surface area contributed by atoms with Crippen molar-refractivity contribution in [3.8, 4) is 0 Å². The van der Waals surface area contributed by atoms with Gasteiger partial charge in [0.15, 0.2) is 0 Å². The lowest BCUT2D eigenvalue weighted by atomic mass is 9.60. The van der Waals surface area contributed by atoms with Gasteiger partial charge in [0, 0.05) is 49.4 Å². The summed E-state index contributed by atoms with van der Waals surface area (Å²) in [5, 5.41) is 28.0. The summed E-state index contributed by atoms with van der Waals surface area (Å²) in [7, 11) is 1.77. The van der Waals surface area contributed by atoms with Gasteiger partial charge in [-0.25, -0.2) is 0 Å². The number of hydrogen-bond acceptors (Lipinski definition) is 3. The average Bonchev–Trinajstić information content (AvgIpc) is 4.05. The third-order valence-electron chi connectivity index (χ3n) is 17.7. The molecule has 5 unspecified atom stereocenters. The number of benzene rings is 6. The normalized spacial score (nSPS) is 27.5. The minimum absolute atomic E-state index is 0.0299. The predicted octanol–water partition coefficient (Wildman–Crippen LogP) is 8.25. The average molecular weight is 718 g/mol. The molecule has 0 amide bonds. The Balaban J connectivity index is 1.10. The molecule has 9 aromatic rings. The molecule has 56 heavy (non-hydrogen) atoms. The summed E-state index contributed by atoms with van der Waals surface area (Å²) in [5.41, 5.74) is 19.3. The first-order valence-electron chi connectivity index (χ1n) is 21.3. The Labute approximate surface area is 321 Å². The molecule has 0 N–H and O–H groups in total. The summed E-state index contributed by atoms with van der Waals surface area (Å²) >= 11 is 0. The maximum absolute atomic E-state index is 6.29. The van der Waals surface area contributed by atoms with Crippen LogP contribution in [0, 0.1) is 12.8 Å². The van der Waals surface area contributed by atoms with E-state index >= 15 is 0 Å². The van der Waals surface area contributed by atoms with Gasteiger partial charge in [-0.3, -0.25) is 4.90 Å². The first kappa shape index (κ1) is 27.5. The maximum atomic E-state index is 6.29. The summed E-state index contributed by atoms with van der Waals surface area (Å²) in [5.74, 6) is 1.36. The molecule has 9 aromatic carbocycles. The van der Waals surface area contributed by atoms with Crippen LogP contribution in [0.5, 0.6) is 0 Å². The van der Waals surface area contributed by atoms with E-state index in [0.29, 0.717) is 31.0 Å². The van der Waals surface area contributed by atoms with Crippen LogP contribution in [0.15, 0.2) is 53.6 Å². The number of hydrogen-bond donors (Lipinski definition) is 0. The fourth-order valence-electron chi connectivity index (χ4n) is 16.6. The largest absolute Gasteiger partial charge is 0.382 e. The van der Waals surface area contributed by atoms with Crippen molar-refractivity contribution in [2.24, 2.45) is 5.92 Å². The second-order valence-corrected chi connectivity index (χ2v) is 19.5. The van der Waals surface area contributed by atoms with E-state index in [1.807, 2.05) is 0 Å². The molecule has 1 fully saturated rings. The second-order valence-electron chi connectivity index (χ2n) is 19.5. The quantitative estimate of drug-likeness (QED) is 0.123. The Kier molecular flexibility index (Phi) is 3.95. The van der Waals surface area contributed by atoms with Gasteiger partial charge in [0.25, 0.3) is 0 Å². The van der Waals surface area contributed by atoms with Crippen LogP contribution < -0.4 is 15.7 Å². The van der Waals surface area contributed by atoms with Crippen molar-refractivity contribution >= 4 is 98.7 Å². The lowest BCUT2D eigenvalue weighted by molar-refractivity contribution is 0.0524. The fraction of sp³-hybridized carbons (Fsp3) is 0.283. The standard InChI is InChI=1S/C53H35NO2/c1-20-4-3-5-21(10-20)52-53-18-28-16-26-14-23-11-22-12-25-13-24-15-27-17-29(30(53)19-54(52)6-7-56-9-8-55-2)38-43-34(27)33(24)40-35(25)39-31(22)32(23)41-36(26)42-37(28)51(53)50(38)49-47(42)45(41)44(39)46(40)48(43)49/h3-5,10-14,16,30-32,52H,6-9,15,17-19H2,1-2H3. The van der Waals surface area contributed by atoms with Crippen LogP contribution in [0.3, 0.4) is 0 Å². The molecule has 9 aliphatic rings. The summed E-state index contributed by atoms with van der Waals surface area (Å²) in [6.07, 6.45) is 11.3. The van der Waals surface area contributed by atoms with Crippen molar-refractivity contribution in [3.63, 3.8) is 0 Å². The first-order chi connectivity index (χ1) is 27.7. The number of likely N-dealkylation sites (tertiary alicyclic amines) is 1. The molecule has 8 aliphatic carbocycles. The van der Waals surface area contributed by atoms with E-state index in [0.717, 1.165) is 39.0 Å². The molecule has 3 nitrogen and oxygen atoms in total. The van der Waals surface area contributed by atoms with Gasteiger partial charge in [-0.2, -0.15) is 0 Å². The van der Waals surface area contributed by atoms with Crippen LogP contribution in [-0.4, -0.2) is 44.9 Å². The zero-order valence-corrected chi connectivity index (χ0v) is 31.4. The van der Waals surface area contributed by atoms with Gasteiger partial charge < -0.3 is 9.47 Å². The highest BCUT2D eigenvalue weighted by Crippen LogP contribution is 2.72. The molecule has 1 saturated heterocycles. The Morgan fingerprint density at radius 2 is 1.50 bits per heavy atom. The Morgan fingerprint density at radius 1 is 0.696 bits per heavy atom. The van der Waals surface area contributed by atoms with Gasteiger partial charge in [-0.1, -0.05) is 71.3 Å². The van der Waals surface area contributed by atoms with Gasteiger partial charge in [0.2, 0.25) is 0 Å². The van der Waals surface area contributed by atoms with Crippen LogP contribution in [0.1, 0.15) is 68.8 Å². The summed E-state index contributed by atoms with van der Waals surface area (Å²) < 4.78 is 11.7. The van der Waals surface area contributed by atoms with Crippen LogP contribution >= 0.6 is 0 Å². The monoisotopic (exact) mass is 717 g/mol. The smallest absolute Gasteiger partial charge is 0.0700 e. The highest BCUT2D eigenvalue weighted by atomic mass is 16.5. The Morgan fingerprint density at radius 3 is 2.38 bits per heavy atom. The SMILES string of the molecule is COCCOCCN1CC2C3=c4c5c6c7c(cc8c9c%10c%11c%12c%13c%14c(cc%15c%16c(c4c(c5c%11c79)c%12c%14%16)=C(C3)C%15)=CC3=CC(=C8)C%10C3%13)CC62C1c1cccc(C)c1. The van der Waals surface area contributed by atoms with E-state index < -0.39 is 0 Å². The molecule has 0 saturated carbocycles. The molecule has 0 radical (unpaired) electrons. The van der Waals surface area contributed by atoms with Crippen LogP contribution in [0.25, 0.3) is 98.7 Å². The number of ether oxygens (including phenoxy) is 2. The molecular weight excluding hydrogens is 683 g/mol. The number of allylic oxidation sites excluding steroid dienone is 3. The van der Waals surface area contributed by atoms with Crippen LogP contribution in [0.2, 0.25) is 0 Å². The molecule has 18 rings (SSSR count). The van der Waals surface area contributed by atoms with Crippen LogP contribution in [0.4, 0.5) is 0 Å². The Hall–Kier alpha value is -5.06. The minimum atomic E-state index is -0.0299. The highest BCUT2D eigenvalue weighted by Gasteiger charge is 2.63. The third-order valence-corrected chi connectivity index (χ3v) is 17.7. The van der Waals surface area contributed by atoms with Crippen molar-refractivity contribution in [1.29, 1.82) is 0 Å². The Bertz CT molecular complexity index is 3820. The van der Waals surface area contributed by atoms with E-state index in [2.05, 4.69) is 66.4 Å². The van der Waals surface area contributed by atoms with Crippen molar-refractivity contribution in [3.05, 3.63) is 114 Å². The summed E-state index contributed by atoms with van der Waals surface area (Å²) in [6.45, 7) is 6.34. The zero-order valence-electron chi connectivity index (χ0n) is 31.4. The van der Waals surface area contributed by atoms with Crippen molar-refractivity contribution in [1.82, 2.24) is 4.90 Å². The molecule has 5 atom stereocenters. The van der Waals surface area contributed by atoms with Gasteiger partial charge >= 0.3 is 0 Å².